The van der Waals surface area contributed by atoms with E-state index in [4.69, 9.17) is 0 Å². The van der Waals surface area contributed by atoms with Crippen LogP contribution in [0.15, 0.2) is 46.2 Å². The number of thiazole rings is 1. The number of carbonyl (C=O) groups excluding carboxylic acids is 1. The number of benzene rings is 2. The third-order valence-corrected chi connectivity index (χ3v) is 8.82. The second kappa shape index (κ2) is 7.75. The predicted molar refractivity (Wildman–Crippen MR) is 116 cm³/mol. The Hall–Kier alpha value is -2.30. The molecular formula is C20H20N2O5S3. The molecule has 0 aliphatic heterocycles. The maximum atomic E-state index is 12.6. The lowest BCUT2D eigenvalue weighted by molar-refractivity contribution is -0.115. The Morgan fingerprint density at radius 3 is 2.53 bits per heavy atom. The average molecular weight is 465 g/mol. The van der Waals surface area contributed by atoms with E-state index < -0.39 is 25.6 Å². The zero-order chi connectivity index (χ0) is 21.5. The Morgan fingerprint density at radius 2 is 1.77 bits per heavy atom. The quantitative estimate of drug-likeness (QED) is 0.600. The summed E-state index contributed by atoms with van der Waals surface area (Å²) in [5.74, 6) is -0.747. The van der Waals surface area contributed by atoms with Gasteiger partial charge in [-0.05, 0) is 60.7 Å². The van der Waals surface area contributed by atoms with Gasteiger partial charge in [-0.25, -0.2) is 21.8 Å². The van der Waals surface area contributed by atoms with Gasteiger partial charge in [-0.2, -0.15) is 0 Å². The number of aryl methyl sites for hydroxylation is 2. The molecule has 0 unspecified atom stereocenters. The van der Waals surface area contributed by atoms with E-state index in [0.29, 0.717) is 15.3 Å². The second-order valence-corrected chi connectivity index (χ2v) is 12.5. The van der Waals surface area contributed by atoms with Gasteiger partial charge in [-0.3, -0.25) is 4.79 Å². The summed E-state index contributed by atoms with van der Waals surface area (Å²) < 4.78 is 49.2. The highest BCUT2D eigenvalue weighted by atomic mass is 32.2. The molecule has 1 heterocycles. The van der Waals surface area contributed by atoms with Crippen LogP contribution in [-0.4, -0.2) is 39.7 Å². The number of carbonyl (C=O) groups is 1. The van der Waals surface area contributed by atoms with Crippen LogP contribution in [0.1, 0.15) is 24.0 Å². The fourth-order valence-electron chi connectivity index (χ4n) is 3.46. The molecule has 0 fully saturated rings. The molecule has 0 spiro atoms. The number of aromatic nitrogens is 1. The van der Waals surface area contributed by atoms with Crippen molar-refractivity contribution in [2.75, 3.05) is 17.3 Å². The Bertz CT molecular complexity index is 1360. The normalized spacial score (nSPS) is 14.0. The van der Waals surface area contributed by atoms with Gasteiger partial charge in [0.25, 0.3) is 0 Å². The Balaban J connectivity index is 1.43. The number of nitrogens with one attached hydrogen (secondary N) is 1. The maximum Gasteiger partial charge on any atom is 0.227 e. The van der Waals surface area contributed by atoms with Gasteiger partial charge in [0.05, 0.1) is 25.8 Å². The zero-order valence-electron chi connectivity index (χ0n) is 16.2. The van der Waals surface area contributed by atoms with E-state index in [0.717, 1.165) is 42.4 Å². The molecule has 0 saturated heterocycles. The molecule has 4 rings (SSSR count). The van der Waals surface area contributed by atoms with Gasteiger partial charge >= 0.3 is 0 Å². The molecule has 0 saturated carbocycles. The maximum absolute atomic E-state index is 12.6. The highest BCUT2D eigenvalue weighted by Crippen LogP contribution is 2.29. The second-order valence-electron chi connectivity index (χ2n) is 7.32. The van der Waals surface area contributed by atoms with Crippen molar-refractivity contribution in [1.29, 1.82) is 0 Å². The average Bonchev–Trinajstić information content (AvgIpc) is 3.30. The van der Waals surface area contributed by atoms with E-state index >= 15 is 0 Å². The molecule has 1 aliphatic carbocycles. The molecule has 0 radical (unpaired) electrons. The minimum Gasteiger partial charge on any atom is -0.302 e. The van der Waals surface area contributed by atoms with E-state index in [1.807, 2.05) is 6.07 Å². The first-order chi connectivity index (χ1) is 14.1. The number of anilines is 1. The third kappa shape index (κ3) is 4.40. The largest absolute Gasteiger partial charge is 0.302 e. The lowest BCUT2D eigenvalue weighted by Gasteiger charge is -2.07. The minimum atomic E-state index is -3.56. The molecule has 2 aromatic carbocycles. The number of nitrogens with zero attached hydrogens (tertiary/aromatic N) is 1. The third-order valence-electron chi connectivity index (χ3n) is 5.06. The summed E-state index contributed by atoms with van der Waals surface area (Å²) in [6.07, 6.45) is 3.84. The Kier molecular flexibility index (Phi) is 5.41. The van der Waals surface area contributed by atoms with E-state index in [1.165, 1.54) is 17.7 Å². The summed E-state index contributed by atoms with van der Waals surface area (Å²) in [7, 11) is -6.90. The van der Waals surface area contributed by atoms with E-state index in [-0.39, 0.29) is 22.0 Å². The first-order valence-electron chi connectivity index (χ1n) is 9.37. The molecule has 1 aliphatic rings. The number of rotatable bonds is 6. The van der Waals surface area contributed by atoms with E-state index in [9.17, 15) is 21.6 Å². The number of amides is 1. The first kappa shape index (κ1) is 21.0. The fourth-order valence-corrected chi connectivity index (χ4v) is 6.39. The van der Waals surface area contributed by atoms with Crippen molar-refractivity contribution < 1.29 is 21.6 Å². The lowest BCUT2D eigenvalue weighted by Crippen LogP contribution is -2.17. The summed E-state index contributed by atoms with van der Waals surface area (Å²) in [6.45, 7) is 0. The SMILES string of the molecule is CS(=O)(=O)c1ccc2nc(NC(=O)CCS(=O)(=O)c3ccc4c(c3)CCC4)sc2c1. The van der Waals surface area contributed by atoms with Crippen molar-refractivity contribution in [3.63, 3.8) is 0 Å². The van der Waals surface area contributed by atoms with Crippen LogP contribution in [0.25, 0.3) is 10.2 Å². The topological polar surface area (TPSA) is 110 Å². The standard InChI is InChI=1S/C20H20N2O5S3/c1-29(24,25)15-7-8-17-18(12-15)28-20(21-17)22-19(23)9-10-30(26,27)16-6-5-13-3-2-4-14(13)11-16/h5-8,11-12H,2-4,9-10H2,1H3,(H,21,22,23). The molecule has 1 aromatic heterocycles. The monoisotopic (exact) mass is 464 g/mol. The molecule has 158 valence electrons. The minimum absolute atomic E-state index is 0.178. The summed E-state index contributed by atoms with van der Waals surface area (Å²) >= 11 is 1.14. The van der Waals surface area contributed by atoms with Gasteiger partial charge in [-0.1, -0.05) is 17.4 Å². The molecular weight excluding hydrogens is 444 g/mol. The Labute approximate surface area is 179 Å². The number of sulfone groups is 2. The van der Waals surface area contributed by atoms with E-state index in [1.54, 1.807) is 18.2 Å². The van der Waals surface area contributed by atoms with Crippen LogP contribution in [0.3, 0.4) is 0 Å². The van der Waals surface area contributed by atoms with Gasteiger partial charge in [0.2, 0.25) is 5.91 Å². The zero-order valence-corrected chi connectivity index (χ0v) is 18.7. The van der Waals surface area contributed by atoms with Crippen LogP contribution >= 0.6 is 11.3 Å². The van der Waals surface area contributed by atoms with Crippen LogP contribution < -0.4 is 5.32 Å². The summed E-state index contributed by atoms with van der Waals surface area (Å²) in [4.78, 5) is 17.0. The molecule has 7 nitrogen and oxygen atoms in total. The highest BCUT2D eigenvalue weighted by molar-refractivity contribution is 7.91. The van der Waals surface area contributed by atoms with Crippen molar-refractivity contribution in [2.24, 2.45) is 0 Å². The molecule has 1 amide bonds. The number of fused-ring (bicyclic) bond motifs is 2. The van der Waals surface area contributed by atoms with Gasteiger partial charge < -0.3 is 5.32 Å². The molecule has 0 bridgehead atoms. The molecule has 1 N–H and O–H groups in total. The van der Waals surface area contributed by atoms with Crippen molar-refractivity contribution in [3.8, 4) is 0 Å². The van der Waals surface area contributed by atoms with Crippen LogP contribution in [0.2, 0.25) is 0 Å². The van der Waals surface area contributed by atoms with Crippen LogP contribution in [-0.2, 0) is 37.3 Å². The highest BCUT2D eigenvalue weighted by Gasteiger charge is 2.20. The van der Waals surface area contributed by atoms with Crippen LogP contribution in [0.5, 0.6) is 0 Å². The van der Waals surface area contributed by atoms with Crippen molar-refractivity contribution in [3.05, 3.63) is 47.5 Å². The molecule has 0 atom stereocenters. The predicted octanol–water partition coefficient (Wildman–Crippen LogP) is 2.99. The van der Waals surface area contributed by atoms with Gasteiger partial charge in [0.1, 0.15) is 0 Å². The van der Waals surface area contributed by atoms with Crippen molar-refractivity contribution in [2.45, 2.75) is 35.5 Å². The van der Waals surface area contributed by atoms with Crippen molar-refractivity contribution in [1.82, 2.24) is 4.98 Å². The number of hydrogen-bond donors (Lipinski definition) is 1. The number of hydrogen-bond acceptors (Lipinski definition) is 7. The fraction of sp³-hybridized carbons (Fsp3) is 0.300. The van der Waals surface area contributed by atoms with Gasteiger partial charge in [0, 0.05) is 12.7 Å². The summed E-state index contributed by atoms with van der Waals surface area (Å²) in [5, 5.41) is 2.91. The lowest BCUT2D eigenvalue weighted by atomic mass is 10.1. The summed E-state index contributed by atoms with van der Waals surface area (Å²) in [6, 6.07) is 9.76. The molecule has 30 heavy (non-hydrogen) atoms. The molecule has 3 aromatic rings. The Morgan fingerprint density at radius 1 is 1.03 bits per heavy atom. The smallest absolute Gasteiger partial charge is 0.227 e. The van der Waals surface area contributed by atoms with Crippen molar-refractivity contribution >= 4 is 52.3 Å². The van der Waals surface area contributed by atoms with Gasteiger partial charge in [0.15, 0.2) is 24.8 Å². The van der Waals surface area contributed by atoms with Gasteiger partial charge in [-0.15, -0.1) is 0 Å². The summed E-state index contributed by atoms with van der Waals surface area (Å²) in [5.41, 5.74) is 2.83. The molecule has 10 heteroatoms. The first-order valence-corrected chi connectivity index (χ1v) is 13.7. The van der Waals surface area contributed by atoms with Crippen LogP contribution in [0, 0.1) is 0 Å². The van der Waals surface area contributed by atoms with Crippen LogP contribution in [0.4, 0.5) is 5.13 Å². The van der Waals surface area contributed by atoms with E-state index in [2.05, 4.69) is 10.3 Å².